The molecule has 76 valence electrons. The summed E-state index contributed by atoms with van der Waals surface area (Å²) in [5.74, 6) is -0.498. The van der Waals surface area contributed by atoms with Crippen LogP contribution in [0.15, 0.2) is 12.1 Å². The predicted octanol–water partition coefficient (Wildman–Crippen LogP) is 2.14. The highest BCUT2D eigenvalue weighted by Crippen LogP contribution is 2.15. The highest BCUT2D eigenvalue weighted by atomic mass is 19.1. The van der Waals surface area contributed by atoms with Crippen molar-refractivity contribution in [2.45, 2.75) is 13.8 Å². The highest BCUT2D eigenvalue weighted by molar-refractivity contribution is 5.94. The minimum atomic E-state index is -0.324. The monoisotopic (exact) mass is 195 g/mol. The molecule has 3 heteroatoms. The van der Waals surface area contributed by atoms with Crippen molar-refractivity contribution in [2.24, 2.45) is 0 Å². The molecule has 0 bridgehead atoms. The molecular formula is C11H14FNO. The number of carbonyl (C=O) groups is 1. The summed E-state index contributed by atoms with van der Waals surface area (Å²) in [5.41, 5.74) is 1.80. The predicted molar refractivity (Wildman–Crippen MR) is 53.9 cm³/mol. The van der Waals surface area contributed by atoms with Gasteiger partial charge in [-0.1, -0.05) is 0 Å². The topological polar surface area (TPSA) is 20.3 Å². The maximum Gasteiger partial charge on any atom is 0.253 e. The number of amides is 1. The Hall–Kier alpha value is -1.38. The number of hydrogen-bond acceptors (Lipinski definition) is 1. The molecule has 0 aliphatic heterocycles. The normalized spacial score (nSPS) is 10.1. The number of hydrogen-bond donors (Lipinski definition) is 0. The van der Waals surface area contributed by atoms with Gasteiger partial charge in [0.25, 0.3) is 5.91 Å². The second-order valence-corrected chi connectivity index (χ2v) is 3.60. The van der Waals surface area contributed by atoms with E-state index in [9.17, 15) is 9.18 Å². The number of halogens is 1. The molecule has 0 radical (unpaired) electrons. The van der Waals surface area contributed by atoms with E-state index in [1.165, 1.54) is 11.0 Å². The summed E-state index contributed by atoms with van der Waals surface area (Å²) < 4.78 is 13.3. The Kier molecular flexibility index (Phi) is 2.89. The van der Waals surface area contributed by atoms with Crippen LogP contribution in [0.3, 0.4) is 0 Å². The van der Waals surface area contributed by atoms with Gasteiger partial charge in [0.1, 0.15) is 5.82 Å². The van der Waals surface area contributed by atoms with Gasteiger partial charge >= 0.3 is 0 Å². The quantitative estimate of drug-likeness (QED) is 0.672. The van der Waals surface area contributed by atoms with Crippen molar-refractivity contribution >= 4 is 5.91 Å². The van der Waals surface area contributed by atoms with Gasteiger partial charge in [-0.25, -0.2) is 4.39 Å². The molecule has 2 nitrogen and oxygen atoms in total. The average molecular weight is 195 g/mol. The summed E-state index contributed by atoms with van der Waals surface area (Å²) in [6.07, 6.45) is 0. The molecule has 0 spiro atoms. The fourth-order valence-electron chi connectivity index (χ4n) is 1.20. The van der Waals surface area contributed by atoms with Gasteiger partial charge in [-0.15, -0.1) is 0 Å². The van der Waals surface area contributed by atoms with Gasteiger partial charge < -0.3 is 4.90 Å². The molecule has 0 saturated heterocycles. The lowest BCUT2D eigenvalue weighted by molar-refractivity contribution is 0.0827. The van der Waals surface area contributed by atoms with Crippen LogP contribution in [-0.4, -0.2) is 24.9 Å². The number of carbonyl (C=O) groups excluding carboxylic acids is 1. The number of rotatable bonds is 1. The van der Waals surface area contributed by atoms with Crippen molar-refractivity contribution in [1.29, 1.82) is 0 Å². The molecule has 14 heavy (non-hydrogen) atoms. The Labute approximate surface area is 83.3 Å². The lowest BCUT2D eigenvalue weighted by Crippen LogP contribution is -2.22. The molecule has 0 aliphatic carbocycles. The molecule has 0 fully saturated rings. The molecule has 1 rings (SSSR count). The van der Waals surface area contributed by atoms with Crippen LogP contribution in [0.5, 0.6) is 0 Å². The van der Waals surface area contributed by atoms with Gasteiger partial charge in [0, 0.05) is 19.7 Å². The molecular weight excluding hydrogens is 181 g/mol. The zero-order valence-electron chi connectivity index (χ0n) is 8.89. The Bertz CT molecular complexity index is 349. The second-order valence-electron chi connectivity index (χ2n) is 3.60. The first-order valence-corrected chi connectivity index (χ1v) is 4.42. The van der Waals surface area contributed by atoms with Crippen LogP contribution in [0.1, 0.15) is 21.5 Å². The van der Waals surface area contributed by atoms with E-state index in [4.69, 9.17) is 0 Å². The fourth-order valence-corrected chi connectivity index (χ4v) is 1.20. The van der Waals surface area contributed by atoms with Crippen molar-refractivity contribution in [3.63, 3.8) is 0 Å². The number of aryl methyl sites for hydroxylation is 1. The van der Waals surface area contributed by atoms with Gasteiger partial charge in [0.05, 0.1) is 0 Å². The summed E-state index contributed by atoms with van der Waals surface area (Å²) in [7, 11) is 3.30. The summed E-state index contributed by atoms with van der Waals surface area (Å²) in [4.78, 5) is 13.0. The molecule has 0 N–H and O–H groups in total. The van der Waals surface area contributed by atoms with E-state index in [0.29, 0.717) is 11.1 Å². The third kappa shape index (κ3) is 1.92. The molecule has 0 unspecified atom stereocenters. The first-order chi connectivity index (χ1) is 6.43. The third-order valence-corrected chi connectivity index (χ3v) is 2.26. The maximum absolute atomic E-state index is 13.3. The van der Waals surface area contributed by atoms with E-state index in [1.54, 1.807) is 34.0 Å². The van der Waals surface area contributed by atoms with Crippen molar-refractivity contribution in [3.05, 3.63) is 34.6 Å². The van der Waals surface area contributed by atoms with Crippen LogP contribution in [0.25, 0.3) is 0 Å². The Morgan fingerprint density at radius 1 is 1.29 bits per heavy atom. The zero-order valence-corrected chi connectivity index (χ0v) is 8.89. The number of nitrogens with zero attached hydrogens (tertiary/aromatic N) is 1. The van der Waals surface area contributed by atoms with E-state index < -0.39 is 0 Å². The van der Waals surface area contributed by atoms with Gasteiger partial charge in [-0.05, 0) is 37.1 Å². The summed E-state index contributed by atoms with van der Waals surface area (Å²) in [5, 5.41) is 0. The Balaban J connectivity index is 3.19. The number of benzene rings is 1. The van der Waals surface area contributed by atoms with Gasteiger partial charge in [-0.2, -0.15) is 0 Å². The standard InChI is InChI=1S/C11H14FNO/c1-7-5-9(11(14)13(3)4)6-10(12)8(7)2/h5-6H,1-4H3. The largest absolute Gasteiger partial charge is 0.345 e. The lowest BCUT2D eigenvalue weighted by Gasteiger charge is -2.11. The molecule has 0 aliphatic rings. The van der Waals surface area contributed by atoms with Gasteiger partial charge in [0.2, 0.25) is 0 Å². The second kappa shape index (κ2) is 3.78. The van der Waals surface area contributed by atoms with Crippen LogP contribution < -0.4 is 0 Å². The SMILES string of the molecule is Cc1cc(C(=O)N(C)C)cc(F)c1C. The minimum absolute atomic E-state index is 0.174. The zero-order chi connectivity index (χ0) is 10.9. The van der Waals surface area contributed by atoms with Crippen LogP contribution in [0, 0.1) is 19.7 Å². The first-order valence-electron chi connectivity index (χ1n) is 4.42. The lowest BCUT2D eigenvalue weighted by atomic mass is 10.0. The molecule has 0 heterocycles. The summed E-state index contributed by atoms with van der Waals surface area (Å²) in [6, 6.07) is 2.99. The van der Waals surface area contributed by atoms with E-state index in [0.717, 1.165) is 5.56 Å². The molecule has 1 aromatic rings. The average Bonchev–Trinajstić information content (AvgIpc) is 2.12. The molecule has 0 aromatic heterocycles. The van der Waals surface area contributed by atoms with Crippen LogP contribution in [0.4, 0.5) is 4.39 Å². The summed E-state index contributed by atoms with van der Waals surface area (Å²) in [6.45, 7) is 3.50. The van der Waals surface area contributed by atoms with Crippen molar-refractivity contribution < 1.29 is 9.18 Å². The fraction of sp³-hybridized carbons (Fsp3) is 0.364. The van der Waals surface area contributed by atoms with E-state index in [1.807, 2.05) is 0 Å². The van der Waals surface area contributed by atoms with Crippen LogP contribution in [0.2, 0.25) is 0 Å². The van der Waals surface area contributed by atoms with Crippen molar-refractivity contribution in [2.75, 3.05) is 14.1 Å². The van der Waals surface area contributed by atoms with Crippen LogP contribution in [-0.2, 0) is 0 Å². The molecule has 0 atom stereocenters. The van der Waals surface area contributed by atoms with Crippen molar-refractivity contribution in [1.82, 2.24) is 4.90 Å². The Morgan fingerprint density at radius 2 is 1.86 bits per heavy atom. The van der Waals surface area contributed by atoms with E-state index >= 15 is 0 Å². The molecule has 1 aromatic carbocycles. The van der Waals surface area contributed by atoms with E-state index in [2.05, 4.69) is 0 Å². The minimum Gasteiger partial charge on any atom is -0.345 e. The van der Waals surface area contributed by atoms with Crippen molar-refractivity contribution in [3.8, 4) is 0 Å². The van der Waals surface area contributed by atoms with Gasteiger partial charge in [0.15, 0.2) is 0 Å². The Morgan fingerprint density at radius 3 is 2.29 bits per heavy atom. The van der Waals surface area contributed by atoms with Gasteiger partial charge in [-0.3, -0.25) is 4.79 Å². The maximum atomic E-state index is 13.3. The third-order valence-electron chi connectivity index (χ3n) is 2.26. The smallest absolute Gasteiger partial charge is 0.253 e. The molecule has 1 amide bonds. The van der Waals surface area contributed by atoms with E-state index in [-0.39, 0.29) is 11.7 Å². The molecule has 0 saturated carbocycles. The summed E-state index contributed by atoms with van der Waals surface area (Å²) >= 11 is 0. The highest BCUT2D eigenvalue weighted by Gasteiger charge is 2.11. The first kappa shape index (κ1) is 10.7. The van der Waals surface area contributed by atoms with Crippen LogP contribution >= 0.6 is 0 Å².